The molecule has 0 aliphatic carbocycles. The summed E-state index contributed by atoms with van der Waals surface area (Å²) in [6, 6.07) is 21.3. The first kappa shape index (κ1) is 20.0. The Hall–Kier alpha value is -3.25. The highest BCUT2D eigenvalue weighted by atomic mass is 79.9. The van der Waals surface area contributed by atoms with E-state index in [1.54, 1.807) is 30.3 Å². The molecule has 3 aromatic carbocycles. The van der Waals surface area contributed by atoms with Gasteiger partial charge in [-0.15, -0.1) is 0 Å². The first-order chi connectivity index (χ1) is 14.5. The number of rotatable bonds is 5. The van der Waals surface area contributed by atoms with Crippen LogP contribution < -0.4 is 4.74 Å². The summed E-state index contributed by atoms with van der Waals surface area (Å²) in [4.78, 5) is 26.2. The molecular formula is C24H16BrFO4. The fraction of sp³-hybridized carbons (Fsp3) is 0.0833. The van der Waals surface area contributed by atoms with E-state index < -0.39 is 23.2 Å². The molecule has 0 saturated carbocycles. The molecular weight excluding hydrogens is 451 g/mol. The van der Waals surface area contributed by atoms with Crippen molar-refractivity contribution in [1.82, 2.24) is 0 Å². The molecule has 3 aromatic rings. The summed E-state index contributed by atoms with van der Waals surface area (Å²) in [7, 11) is 0. The van der Waals surface area contributed by atoms with Gasteiger partial charge in [0.25, 0.3) is 0 Å². The van der Waals surface area contributed by atoms with E-state index >= 15 is 0 Å². The third-order valence-corrected chi connectivity index (χ3v) is 5.32. The van der Waals surface area contributed by atoms with Gasteiger partial charge in [-0.25, -0.2) is 4.39 Å². The van der Waals surface area contributed by atoms with E-state index in [4.69, 9.17) is 9.47 Å². The van der Waals surface area contributed by atoms with Gasteiger partial charge in [-0.3, -0.25) is 9.59 Å². The van der Waals surface area contributed by atoms with Gasteiger partial charge in [-0.1, -0.05) is 46.3 Å². The van der Waals surface area contributed by atoms with Crippen molar-refractivity contribution in [3.05, 3.63) is 106 Å². The van der Waals surface area contributed by atoms with Crippen molar-refractivity contribution in [2.45, 2.75) is 6.42 Å². The van der Waals surface area contributed by atoms with Crippen LogP contribution in [0.2, 0.25) is 0 Å². The first-order valence-corrected chi connectivity index (χ1v) is 9.98. The topological polar surface area (TPSA) is 52.6 Å². The quantitative estimate of drug-likeness (QED) is 0.290. The second-order valence-electron chi connectivity index (χ2n) is 6.88. The van der Waals surface area contributed by atoms with Crippen molar-refractivity contribution >= 4 is 33.6 Å². The Morgan fingerprint density at radius 1 is 0.967 bits per heavy atom. The highest BCUT2D eigenvalue weighted by molar-refractivity contribution is 9.10. The molecule has 0 saturated heterocycles. The summed E-state index contributed by atoms with van der Waals surface area (Å²) in [6.45, 7) is 0. The number of hydrogen-bond donors (Lipinski definition) is 0. The molecule has 0 unspecified atom stereocenters. The predicted molar refractivity (Wildman–Crippen MR) is 113 cm³/mol. The number of hydrogen-bond acceptors (Lipinski definition) is 4. The Balaban J connectivity index is 1.74. The molecule has 1 heterocycles. The van der Waals surface area contributed by atoms with E-state index in [1.165, 1.54) is 30.3 Å². The second-order valence-corrected chi connectivity index (χ2v) is 7.80. The smallest absolute Gasteiger partial charge is 0.333 e. The molecule has 0 N–H and O–H groups in total. The van der Waals surface area contributed by atoms with Gasteiger partial charge in [0, 0.05) is 16.5 Å². The van der Waals surface area contributed by atoms with Crippen LogP contribution >= 0.6 is 15.9 Å². The minimum Gasteiger partial charge on any atom is -0.425 e. The third kappa shape index (κ3) is 4.04. The summed E-state index contributed by atoms with van der Waals surface area (Å²) >= 11 is 3.38. The Morgan fingerprint density at radius 2 is 1.63 bits per heavy atom. The zero-order valence-corrected chi connectivity index (χ0v) is 17.3. The number of carbonyl (C=O) groups excluding carboxylic acids is 2. The van der Waals surface area contributed by atoms with E-state index in [1.807, 2.05) is 24.3 Å². The average molecular weight is 467 g/mol. The number of benzene rings is 3. The minimum atomic E-state index is -1.66. The Kier molecular flexibility index (Phi) is 5.50. The molecule has 1 aliphatic heterocycles. The summed E-state index contributed by atoms with van der Waals surface area (Å²) in [5.41, 5.74) is -0.403. The molecule has 4 nitrogen and oxygen atoms in total. The molecule has 1 atom stereocenters. The number of halogens is 2. The van der Waals surface area contributed by atoms with Gasteiger partial charge in [0.2, 0.25) is 0 Å². The zero-order valence-electron chi connectivity index (χ0n) is 15.7. The van der Waals surface area contributed by atoms with Gasteiger partial charge in [-0.2, -0.15) is 0 Å². The van der Waals surface area contributed by atoms with Crippen LogP contribution in [0.4, 0.5) is 4.39 Å². The Morgan fingerprint density at radius 3 is 2.30 bits per heavy atom. The molecule has 0 fully saturated rings. The fourth-order valence-corrected chi connectivity index (χ4v) is 3.47. The summed E-state index contributed by atoms with van der Waals surface area (Å²) < 4.78 is 25.1. The van der Waals surface area contributed by atoms with Crippen molar-refractivity contribution < 1.29 is 23.5 Å². The summed E-state index contributed by atoms with van der Waals surface area (Å²) in [5, 5.41) is 0. The van der Waals surface area contributed by atoms with Gasteiger partial charge in [0.1, 0.15) is 17.3 Å². The second kappa shape index (κ2) is 8.24. The SMILES string of the molecule is O=C1OC(c2ccc(F)cc2)=C[C@]1(Cc1ccc(Br)cc1)C(=O)Oc1ccccc1. The van der Waals surface area contributed by atoms with Gasteiger partial charge in [0.05, 0.1) is 0 Å². The number of esters is 2. The Bertz CT molecular complexity index is 1110. The third-order valence-electron chi connectivity index (χ3n) is 4.79. The largest absolute Gasteiger partial charge is 0.425 e. The van der Waals surface area contributed by atoms with Crippen LogP contribution in [0.25, 0.3) is 5.76 Å². The van der Waals surface area contributed by atoms with E-state index in [0.717, 1.165) is 10.0 Å². The Labute approximate surface area is 181 Å². The predicted octanol–water partition coefficient (Wildman–Crippen LogP) is 5.32. The normalized spacial score (nSPS) is 17.9. The van der Waals surface area contributed by atoms with Gasteiger partial charge in [-0.05, 0) is 60.2 Å². The highest BCUT2D eigenvalue weighted by Crippen LogP contribution is 2.40. The van der Waals surface area contributed by atoms with E-state index in [-0.39, 0.29) is 12.2 Å². The molecule has 150 valence electrons. The average Bonchev–Trinajstić information content (AvgIpc) is 3.08. The molecule has 1 aliphatic rings. The van der Waals surface area contributed by atoms with Gasteiger partial charge >= 0.3 is 11.9 Å². The molecule has 0 aromatic heterocycles. The van der Waals surface area contributed by atoms with Crippen LogP contribution in [0, 0.1) is 11.2 Å². The van der Waals surface area contributed by atoms with Crippen molar-refractivity contribution in [3.8, 4) is 5.75 Å². The van der Waals surface area contributed by atoms with E-state index in [2.05, 4.69) is 15.9 Å². The summed E-state index contributed by atoms with van der Waals surface area (Å²) in [6.07, 6.45) is 1.53. The van der Waals surface area contributed by atoms with Gasteiger partial charge in [0.15, 0.2) is 5.41 Å². The van der Waals surface area contributed by atoms with Crippen LogP contribution in [0.5, 0.6) is 5.75 Å². The van der Waals surface area contributed by atoms with Crippen LogP contribution in [-0.2, 0) is 20.7 Å². The lowest BCUT2D eigenvalue weighted by Crippen LogP contribution is -2.40. The van der Waals surface area contributed by atoms with E-state index in [9.17, 15) is 14.0 Å². The highest BCUT2D eigenvalue weighted by Gasteiger charge is 2.52. The standard InChI is InChI=1S/C24H16BrFO4/c25-18-10-6-16(7-11-18)14-24(22(27)29-20-4-2-1-3-5-20)15-21(30-23(24)28)17-8-12-19(26)13-9-17/h1-13,15H,14H2/t24-/m1/s1. The lowest BCUT2D eigenvalue weighted by molar-refractivity contribution is -0.156. The van der Waals surface area contributed by atoms with Gasteiger partial charge < -0.3 is 9.47 Å². The minimum absolute atomic E-state index is 0.0650. The molecule has 0 amide bonds. The summed E-state index contributed by atoms with van der Waals surface area (Å²) in [5.74, 6) is -1.35. The molecule has 4 rings (SSSR count). The maximum absolute atomic E-state index is 13.3. The fourth-order valence-electron chi connectivity index (χ4n) is 3.21. The number of carbonyl (C=O) groups is 2. The maximum Gasteiger partial charge on any atom is 0.333 e. The van der Waals surface area contributed by atoms with Crippen LogP contribution in [0.3, 0.4) is 0 Å². The van der Waals surface area contributed by atoms with Crippen LogP contribution in [0.1, 0.15) is 11.1 Å². The molecule has 0 spiro atoms. The molecule has 6 heteroatoms. The lowest BCUT2D eigenvalue weighted by Gasteiger charge is -2.21. The first-order valence-electron chi connectivity index (χ1n) is 9.19. The monoisotopic (exact) mass is 466 g/mol. The van der Waals surface area contributed by atoms with Crippen molar-refractivity contribution in [2.24, 2.45) is 5.41 Å². The lowest BCUT2D eigenvalue weighted by atomic mass is 9.81. The van der Waals surface area contributed by atoms with Crippen molar-refractivity contribution in [2.75, 3.05) is 0 Å². The molecule has 30 heavy (non-hydrogen) atoms. The number of ether oxygens (including phenoxy) is 2. The molecule has 0 radical (unpaired) electrons. The van der Waals surface area contributed by atoms with Crippen molar-refractivity contribution in [3.63, 3.8) is 0 Å². The number of para-hydroxylation sites is 1. The van der Waals surface area contributed by atoms with Crippen LogP contribution in [0.15, 0.2) is 89.4 Å². The van der Waals surface area contributed by atoms with E-state index in [0.29, 0.717) is 11.3 Å². The van der Waals surface area contributed by atoms with Crippen LogP contribution in [-0.4, -0.2) is 11.9 Å². The zero-order chi connectivity index (χ0) is 21.1. The molecule has 0 bridgehead atoms. The van der Waals surface area contributed by atoms with Crippen molar-refractivity contribution in [1.29, 1.82) is 0 Å². The maximum atomic E-state index is 13.3. The number of cyclic esters (lactones) is 1.